The number of methoxy groups -OCH3 is 2. The van der Waals surface area contributed by atoms with Crippen LogP contribution in [0.5, 0.6) is 11.5 Å². The summed E-state index contributed by atoms with van der Waals surface area (Å²) in [7, 11) is 2.85. The fourth-order valence-corrected chi connectivity index (χ4v) is 5.98. The molecule has 0 spiro atoms. The number of carbonyl (C=O) groups excluding carboxylic acids is 3. The van der Waals surface area contributed by atoms with Crippen LogP contribution in [0.1, 0.15) is 49.3 Å². The number of amides is 4. The van der Waals surface area contributed by atoms with E-state index in [4.69, 9.17) is 14.2 Å². The zero-order valence-electron chi connectivity index (χ0n) is 30.9. The summed E-state index contributed by atoms with van der Waals surface area (Å²) in [6.07, 6.45) is -0.750. The molecule has 4 aromatic rings. The molecule has 0 saturated carbocycles. The van der Waals surface area contributed by atoms with Crippen molar-refractivity contribution in [3.05, 3.63) is 88.2 Å². The molecule has 1 aliphatic rings. The Morgan fingerprint density at radius 3 is 2.17 bits per heavy atom. The minimum absolute atomic E-state index is 0. The molecule has 4 amide bonds. The number of hydrogen-bond donors (Lipinski definition) is 2. The van der Waals surface area contributed by atoms with Crippen molar-refractivity contribution >= 4 is 40.3 Å². The van der Waals surface area contributed by atoms with E-state index < -0.39 is 52.8 Å². The molecule has 14 nitrogen and oxygen atoms in total. The highest BCUT2D eigenvalue weighted by Crippen LogP contribution is 2.37. The first-order chi connectivity index (χ1) is 25.5. The van der Waals surface area contributed by atoms with E-state index in [1.54, 1.807) is 50.9 Å². The van der Waals surface area contributed by atoms with Crippen LogP contribution in [0.15, 0.2) is 59.4 Å². The van der Waals surface area contributed by atoms with Crippen molar-refractivity contribution in [1.29, 1.82) is 0 Å². The lowest BCUT2D eigenvalue weighted by molar-refractivity contribution is -0.133. The van der Waals surface area contributed by atoms with Crippen LogP contribution in [0.4, 0.5) is 34.1 Å². The van der Waals surface area contributed by atoms with E-state index in [-0.39, 0.29) is 68.8 Å². The van der Waals surface area contributed by atoms with Gasteiger partial charge < -0.3 is 34.8 Å². The molecular formula is C37H46F3N7O7. The Hall–Kier alpha value is -6.00. The first-order valence-corrected chi connectivity index (χ1v) is 17.0. The third-order valence-corrected chi connectivity index (χ3v) is 8.59. The van der Waals surface area contributed by atoms with Crippen LogP contribution in [0, 0.1) is 17.5 Å². The lowest BCUT2D eigenvalue weighted by Gasteiger charge is -2.40. The third kappa shape index (κ3) is 8.61. The lowest BCUT2D eigenvalue weighted by atomic mass is 10.1. The number of carbonyl (C=O) groups is 3. The SMILES string of the molecule is COc1ccc(N(C(=O)Nc2ccc(F)cc2)C(C)c2nc3cc(F)c(F)cc3c(=O)n2N2CCN(C(=O)[C@H](C)NC(=O)OC(C)(C)C)CC2)c(OC)c1.[HH].[HH]. The van der Waals surface area contributed by atoms with Crippen molar-refractivity contribution < 1.29 is 44.6 Å². The number of halogens is 3. The van der Waals surface area contributed by atoms with Crippen molar-refractivity contribution in [2.24, 2.45) is 0 Å². The van der Waals surface area contributed by atoms with Gasteiger partial charge in [-0.15, -0.1) is 0 Å². The Labute approximate surface area is 312 Å². The molecule has 3 aromatic carbocycles. The molecule has 292 valence electrons. The van der Waals surface area contributed by atoms with Crippen molar-refractivity contribution in [2.75, 3.05) is 55.6 Å². The molecule has 0 radical (unpaired) electrons. The number of aromatic nitrogens is 2. The summed E-state index contributed by atoms with van der Waals surface area (Å²) >= 11 is 0. The Balaban J connectivity index is 0.00000420. The number of piperazine rings is 1. The summed E-state index contributed by atoms with van der Waals surface area (Å²) in [5, 5.41) is 6.65. The van der Waals surface area contributed by atoms with Crippen LogP contribution >= 0.6 is 0 Å². The molecule has 2 N–H and O–H groups in total. The number of hydrogen-bond acceptors (Lipinski definition) is 9. The van der Waals surface area contributed by atoms with Crippen molar-refractivity contribution in [2.45, 2.75) is 52.3 Å². The highest BCUT2D eigenvalue weighted by Gasteiger charge is 2.34. The van der Waals surface area contributed by atoms with Gasteiger partial charge in [-0.05, 0) is 77.1 Å². The molecule has 0 aliphatic carbocycles. The molecule has 0 bridgehead atoms. The molecule has 17 heteroatoms. The zero-order chi connectivity index (χ0) is 39.5. The fraction of sp³-hybridized carbons (Fsp3) is 0.378. The van der Waals surface area contributed by atoms with Crippen LogP contribution in [0.2, 0.25) is 0 Å². The maximum atomic E-state index is 14.6. The summed E-state index contributed by atoms with van der Waals surface area (Å²) in [6.45, 7) is 8.59. The number of nitrogens with zero attached hydrogens (tertiary/aromatic N) is 5. The fourth-order valence-electron chi connectivity index (χ4n) is 5.98. The first-order valence-electron chi connectivity index (χ1n) is 17.0. The number of urea groups is 1. The number of anilines is 2. The maximum absolute atomic E-state index is 14.6. The number of ether oxygens (including phenoxy) is 3. The van der Waals surface area contributed by atoms with Gasteiger partial charge in [0.15, 0.2) is 17.5 Å². The first kappa shape index (κ1) is 39.2. The van der Waals surface area contributed by atoms with Gasteiger partial charge in [0.1, 0.15) is 29.0 Å². The highest BCUT2D eigenvalue weighted by atomic mass is 19.2. The third-order valence-electron chi connectivity index (χ3n) is 8.59. The van der Waals surface area contributed by atoms with Crippen LogP contribution in [-0.4, -0.2) is 84.6 Å². The normalized spacial score (nSPS) is 14.3. The molecule has 2 heterocycles. The summed E-state index contributed by atoms with van der Waals surface area (Å²) in [5.41, 5.74) is -1.20. The topological polar surface area (TPSA) is 148 Å². The van der Waals surface area contributed by atoms with Gasteiger partial charge in [-0.3, -0.25) is 14.5 Å². The summed E-state index contributed by atoms with van der Waals surface area (Å²) in [5.74, 6) is -2.79. The minimum atomic E-state index is -1.25. The van der Waals surface area contributed by atoms with E-state index in [0.29, 0.717) is 5.75 Å². The number of benzene rings is 3. The van der Waals surface area contributed by atoms with Gasteiger partial charge in [0, 0.05) is 33.8 Å². The standard InChI is InChI=1S/C37H42F3N7O7.2H2/c1-21(41-36(51)54-37(3,4)5)33(48)44-14-16-45(17-15-44)47-32(43-29-20-28(40)27(39)19-26(29)34(47)49)22(2)46(30-13-12-25(52-6)18-31(30)53-7)35(50)42-24-10-8-23(38)9-11-24;;/h8-13,18-22H,14-17H2,1-7H3,(H,41,51)(H,42,50);2*1H/t21-,22?;;/m0../s1. The smallest absolute Gasteiger partial charge is 0.408 e. The largest absolute Gasteiger partial charge is 0.497 e. The number of alkyl carbamates (subject to hydrolysis) is 1. The lowest BCUT2D eigenvalue weighted by Crippen LogP contribution is -2.59. The molecule has 1 unspecified atom stereocenters. The van der Waals surface area contributed by atoms with Gasteiger partial charge in [-0.25, -0.2) is 32.4 Å². The van der Waals surface area contributed by atoms with Gasteiger partial charge in [0.25, 0.3) is 5.56 Å². The van der Waals surface area contributed by atoms with Gasteiger partial charge in [-0.2, -0.15) is 0 Å². The van der Waals surface area contributed by atoms with E-state index in [1.165, 1.54) is 59.9 Å². The molecule has 1 fully saturated rings. The number of nitrogens with one attached hydrogen (secondary N) is 2. The predicted molar refractivity (Wildman–Crippen MR) is 199 cm³/mol. The number of rotatable bonds is 9. The summed E-state index contributed by atoms with van der Waals surface area (Å²) in [6, 6.07) is 8.59. The van der Waals surface area contributed by atoms with Crippen molar-refractivity contribution in [3.63, 3.8) is 0 Å². The van der Waals surface area contributed by atoms with Gasteiger partial charge in [0.05, 0.1) is 49.9 Å². The van der Waals surface area contributed by atoms with E-state index in [0.717, 1.165) is 12.1 Å². The summed E-state index contributed by atoms with van der Waals surface area (Å²) < 4.78 is 60.3. The Morgan fingerprint density at radius 1 is 0.907 bits per heavy atom. The van der Waals surface area contributed by atoms with Gasteiger partial charge >= 0.3 is 12.1 Å². The van der Waals surface area contributed by atoms with E-state index in [2.05, 4.69) is 15.6 Å². The van der Waals surface area contributed by atoms with Crippen molar-refractivity contribution in [3.8, 4) is 11.5 Å². The quantitative estimate of drug-likeness (QED) is 0.216. The predicted octanol–water partition coefficient (Wildman–Crippen LogP) is 5.82. The number of fused-ring (bicyclic) bond motifs is 1. The molecule has 54 heavy (non-hydrogen) atoms. The Morgan fingerprint density at radius 2 is 1.56 bits per heavy atom. The average molecular weight is 758 g/mol. The Bertz CT molecular complexity index is 2110. The monoisotopic (exact) mass is 757 g/mol. The second kappa shape index (κ2) is 15.9. The molecule has 1 aromatic heterocycles. The van der Waals surface area contributed by atoms with Gasteiger partial charge in [0.2, 0.25) is 5.91 Å². The van der Waals surface area contributed by atoms with Crippen LogP contribution in [0.25, 0.3) is 10.9 Å². The van der Waals surface area contributed by atoms with E-state index in [1.807, 2.05) is 0 Å². The van der Waals surface area contributed by atoms with Crippen LogP contribution < -0.4 is 35.6 Å². The summed E-state index contributed by atoms with van der Waals surface area (Å²) in [4.78, 5) is 61.5. The molecular weight excluding hydrogens is 711 g/mol. The van der Waals surface area contributed by atoms with E-state index in [9.17, 15) is 32.3 Å². The molecule has 1 saturated heterocycles. The highest BCUT2D eigenvalue weighted by molar-refractivity contribution is 6.03. The van der Waals surface area contributed by atoms with Crippen LogP contribution in [0.3, 0.4) is 0 Å². The second-order valence-electron chi connectivity index (χ2n) is 13.5. The van der Waals surface area contributed by atoms with E-state index >= 15 is 0 Å². The zero-order valence-corrected chi connectivity index (χ0v) is 30.9. The maximum Gasteiger partial charge on any atom is 0.408 e. The second-order valence-corrected chi connectivity index (χ2v) is 13.5. The minimum Gasteiger partial charge on any atom is -0.497 e. The van der Waals surface area contributed by atoms with Crippen molar-refractivity contribution in [1.82, 2.24) is 19.9 Å². The van der Waals surface area contributed by atoms with Gasteiger partial charge in [-0.1, -0.05) is 0 Å². The Kier molecular flexibility index (Phi) is 11.6. The molecule has 5 rings (SSSR count). The molecule has 2 atom stereocenters. The van der Waals surface area contributed by atoms with Crippen LogP contribution in [-0.2, 0) is 9.53 Å². The molecule has 1 aliphatic heterocycles. The average Bonchev–Trinajstić information content (AvgIpc) is 3.12.